The molecule has 1 aromatic heterocycles. The second-order valence-corrected chi connectivity index (χ2v) is 4.12. The minimum Gasteiger partial charge on any atom is -0.473 e. The minimum atomic E-state index is 0.615. The third kappa shape index (κ3) is 1.55. The van der Waals surface area contributed by atoms with Crippen LogP contribution in [0, 0.1) is 3.82 Å². The molecule has 0 radical (unpaired) electrons. The summed E-state index contributed by atoms with van der Waals surface area (Å²) < 4.78 is 5.87. The smallest absolute Gasteiger partial charge is 0.274 e. The van der Waals surface area contributed by atoms with Gasteiger partial charge in [-0.15, -0.1) is 0 Å². The minimum absolute atomic E-state index is 0.615. The molecular formula is C9H7NOS2. The highest BCUT2D eigenvalue weighted by atomic mass is 32.1. The highest BCUT2D eigenvalue weighted by Gasteiger charge is 1.99. The zero-order chi connectivity index (χ0) is 9.26. The number of hydrogen-bond acceptors (Lipinski definition) is 4. The molecule has 2 nitrogen and oxygen atoms in total. The van der Waals surface area contributed by atoms with Gasteiger partial charge in [0.1, 0.15) is 3.82 Å². The molecule has 0 unspecified atom stereocenters. The molecule has 0 aliphatic carbocycles. The largest absolute Gasteiger partial charge is 0.473 e. The van der Waals surface area contributed by atoms with Gasteiger partial charge in [-0.25, -0.2) is 4.98 Å². The molecule has 0 aliphatic rings. The first kappa shape index (κ1) is 8.59. The Morgan fingerprint density at radius 2 is 2.15 bits per heavy atom. The van der Waals surface area contributed by atoms with E-state index in [0.29, 0.717) is 5.19 Å². The SMILES string of the molecule is COc1nc2ccccc2c(=S)s1. The van der Waals surface area contributed by atoms with Crippen LogP contribution in [-0.2, 0) is 0 Å². The molecule has 4 heteroatoms. The van der Waals surface area contributed by atoms with Crippen LogP contribution in [0.2, 0.25) is 0 Å². The highest BCUT2D eigenvalue weighted by molar-refractivity contribution is 7.74. The monoisotopic (exact) mass is 209 g/mol. The molecule has 0 fully saturated rings. The summed E-state index contributed by atoms with van der Waals surface area (Å²) >= 11 is 6.59. The van der Waals surface area contributed by atoms with Crippen molar-refractivity contribution < 1.29 is 4.74 Å². The van der Waals surface area contributed by atoms with Gasteiger partial charge in [0.15, 0.2) is 0 Å². The van der Waals surface area contributed by atoms with E-state index >= 15 is 0 Å². The molecule has 0 amide bonds. The average molecular weight is 209 g/mol. The topological polar surface area (TPSA) is 22.1 Å². The highest BCUT2D eigenvalue weighted by Crippen LogP contribution is 2.23. The van der Waals surface area contributed by atoms with Crippen LogP contribution in [0.4, 0.5) is 0 Å². The lowest BCUT2D eigenvalue weighted by atomic mass is 10.3. The molecule has 2 rings (SSSR count). The second kappa shape index (κ2) is 3.40. The third-order valence-electron chi connectivity index (χ3n) is 1.69. The molecule has 0 aliphatic heterocycles. The lowest BCUT2D eigenvalue weighted by molar-refractivity contribution is 0.412. The number of para-hydroxylation sites is 1. The molecule has 0 spiro atoms. The maximum Gasteiger partial charge on any atom is 0.274 e. The fraction of sp³-hybridized carbons (Fsp3) is 0.111. The molecule has 13 heavy (non-hydrogen) atoms. The lowest BCUT2D eigenvalue weighted by Gasteiger charge is -1.99. The van der Waals surface area contributed by atoms with Crippen molar-refractivity contribution in [3.8, 4) is 5.19 Å². The number of methoxy groups -OCH3 is 1. The van der Waals surface area contributed by atoms with Crippen molar-refractivity contribution in [2.24, 2.45) is 0 Å². The molecule has 0 saturated heterocycles. The maximum atomic E-state index is 5.21. The number of hydrogen-bond donors (Lipinski definition) is 0. The van der Waals surface area contributed by atoms with Crippen molar-refractivity contribution in [3.05, 3.63) is 28.1 Å². The first-order valence-corrected chi connectivity index (χ1v) is 4.97. The van der Waals surface area contributed by atoms with E-state index in [1.807, 2.05) is 24.3 Å². The molecule has 0 saturated carbocycles. The number of rotatable bonds is 1. The van der Waals surface area contributed by atoms with Crippen molar-refractivity contribution in [1.82, 2.24) is 4.98 Å². The molecule has 66 valence electrons. The molecule has 2 aromatic rings. The summed E-state index contributed by atoms with van der Waals surface area (Å²) in [6.45, 7) is 0. The molecular weight excluding hydrogens is 202 g/mol. The summed E-state index contributed by atoms with van der Waals surface area (Å²) in [4.78, 5) is 4.28. The van der Waals surface area contributed by atoms with Crippen LogP contribution < -0.4 is 4.74 Å². The Kier molecular flexibility index (Phi) is 2.24. The van der Waals surface area contributed by atoms with Gasteiger partial charge in [-0.3, -0.25) is 0 Å². The van der Waals surface area contributed by atoms with Gasteiger partial charge < -0.3 is 4.74 Å². The van der Waals surface area contributed by atoms with Crippen LogP contribution in [0.3, 0.4) is 0 Å². The van der Waals surface area contributed by atoms with Gasteiger partial charge in [0.2, 0.25) is 0 Å². The number of nitrogens with zero attached hydrogens (tertiary/aromatic N) is 1. The summed E-state index contributed by atoms with van der Waals surface area (Å²) in [6, 6.07) is 7.80. The summed E-state index contributed by atoms with van der Waals surface area (Å²) in [7, 11) is 1.60. The van der Waals surface area contributed by atoms with E-state index < -0.39 is 0 Å². The van der Waals surface area contributed by atoms with E-state index in [0.717, 1.165) is 14.7 Å². The second-order valence-electron chi connectivity index (χ2n) is 2.49. The van der Waals surface area contributed by atoms with Gasteiger partial charge in [0, 0.05) is 5.39 Å². The first-order valence-electron chi connectivity index (χ1n) is 3.75. The molecule has 0 bridgehead atoms. The Bertz CT molecular complexity index is 492. The fourth-order valence-electron chi connectivity index (χ4n) is 1.09. The van der Waals surface area contributed by atoms with Gasteiger partial charge in [0.25, 0.3) is 5.19 Å². The van der Waals surface area contributed by atoms with E-state index in [1.165, 1.54) is 11.3 Å². The molecule has 0 N–H and O–H groups in total. The predicted molar refractivity (Wildman–Crippen MR) is 57.0 cm³/mol. The van der Waals surface area contributed by atoms with Crippen LogP contribution in [0.15, 0.2) is 24.3 Å². The number of benzene rings is 1. The van der Waals surface area contributed by atoms with Gasteiger partial charge in [-0.2, -0.15) is 0 Å². The Morgan fingerprint density at radius 3 is 2.92 bits per heavy atom. The van der Waals surface area contributed by atoms with Crippen LogP contribution in [-0.4, -0.2) is 12.1 Å². The number of ether oxygens (including phenoxy) is 1. The van der Waals surface area contributed by atoms with Gasteiger partial charge in [-0.05, 0) is 6.07 Å². The Morgan fingerprint density at radius 1 is 1.38 bits per heavy atom. The Hall–Kier alpha value is -1.00. The number of fused-ring (bicyclic) bond motifs is 1. The van der Waals surface area contributed by atoms with Crippen LogP contribution in [0.1, 0.15) is 0 Å². The summed E-state index contributed by atoms with van der Waals surface area (Å²) in [5.74, 6) is 0. The van der Waals surface area contributed by atoms with Crippen molar-refractivity contribution in [2.75, 3.05) is 7.11 Å². The summed E-state index contributed by atoms with van der Waals surface area (Å²) in [5.41, 5.74) is 0.892. The third-order valence-corrected chi connectivity index (χ3v) is 3.00. The van der Waals surface area contributed by atoms with E-state index in [1.54, 1.807) is 7.11 Å². The van der Waals surface area contributed by atoms with Gasteiger partial charge in [-0.1, -0.05) is 41.8 Å². The summed E-state index contributed by atoms with van der Waals surface area (Å²) in [6.07, 6.45) is 0. The van der Waals surface area contributed by atoms with Gasteiger partial charge in [0.05, 0.1) is 12.6 Å². The van der Waals surface area contributed by atoms with E-state index in [-0.39, 0.29) is 0 Å². The fourth-order valence-corrected chi connectivity index (χ4v) is 2.14. The van der Waals surface area contributed by atoms with Crippen LogP contribution in [0.5, 0.6) is 5.19 Å². The van der Waals surface area contributed by atoms with Crippen LogP contribution in [0.25, 0.3) is 10.9 Å². The standard InChI is InChI=1S/C9H7NOS2/c1-11-9-10-7-5-3-2-4-6(7)8(12)13-9/h2-5H,1H3. The van der Waals surface area contributed by atoms with E-state index in [4.69, 9.17) is 17.0 Å². The summed E-state index contributed by atoms with van der Waals surface area (Å²) in [5, 5.41) is 1.63. The molecule has 1 aromatic carbocycles. The molecule has 0 atom stereocenters. The van der Waals surface area contributed by atoms with Crippen molar-refractivity contribution in [2.45, 2.75) is 0 Å². The van der Waals surface area contributed by atoms with Crippen molar-refractivity contribution >= 4 is 34.5 Å². The van der Waals surface area contributed by atoms with Gasteiger partial charge >= 0.3 is 0 Å². The maximum absolute atomic E-state index is 5.21. The van der Waals surface area contributed by atoms with Crippen LogP contribution >= 0.6 is 23.6 Å². The first-order chi connectivity index (χ1) is 6.31. The average Bonchev–Trinajstić information content (AvgIpc) is 2.18. The normalized spacial score (nSPS) is 10.2. The zero-order valence-electron chi connectivity index (χ0n) is 6.98. The van der Waals surface area contributed by atoms with E-state index in [9.17, 15) is 0 Å². The van der Waals surface area contributed by atoms with Crippen molar-refractivity contribution in [3.63, 3.8) is 0 Å². The molecule has 1 heterocycles. The van der Waals surface area contributed by atoms with Crippen molar-refractivity contribution in [1.29, 1.82) is 0 Å². The predicted octanol–water partition coefficient (Wildman–Crippen LogP) is 3.03. The van der Waals surface area contributed by atoms with E-state index in [2.05, 4.69) is 4.98 Å². The number of aromatic nitrogens is 1. The lowest BCUT2D eigenvalue weighted by Crippen LogP contribution is -1.85. The quantitative estimate of drug-likeness (QED) is 0.674. The zero-order valence-corrected chi connectivity index (χ0v) is 8.61. The Labute approximate surface area is 84.8 Å². The Balaban J connectivity index is 2.85.